The van der Waals surface area contributed by atoms with Gasteiger partial charge < -0.3 is 20.6 Å². The molecular formula is C27H34FN3O5. The molecule has 1 unspecified atom stereocenters. The number of hydrogen-bond acceptors (Lipinski definition) is 6. The van der Waals surface area contributed by atoms with Crippen molar-refractivity contribution < 1.29 is 28.2 Å². The SMILES string of the molecule is C[C@@]12CC3CC(Nc4ooc4Nc4ccc(C(=O)N5CCCC(C(=O)O)C5)cc4F)(C1)C[C@@](C)(C3)C2. The largest absolute Gasteiger partial charge is 0.481 e. The Morgan fingerprint density at radius 3 is 2.42 bits per heavy atom. The van der Waals surface area contributed by atoms with E-state index in [-0.39, 0.29) is 29.2 Å². The van der Waals surface area contributed by atoms with Crippen LogP contribution < -0.4 is 10.6 Å². The molecule has 1 aliphatic heterocycles. The molecule has 4 bridgehead atoms. The topological polar surface area (TPSA) is 108 Å². The van der Waals surface area contributed by atoms with Crippen molar-refractivity contribution in [2.45, 2.75) is 70.8 Å². The highest BCUT2D eigenvalue weighted by molar-refractivity contribution is 5.95. The van der Waals surface area contributed by atoms with Gasteiger partial charge in [-0.1, -0.05) is 13.8 Å². The summed E-state index contributed by atoms with van der Waals surface area (Å²) in [6, 6.07) is 4.23. The smallest absolute Gasteiger partial charge is 0.313 e. The van der Waals surface area contributed by atoms with Crippen molar-refractivity contribution in [1.82, 2.24) is 4.90 Å². The van der Waals surface area contributed by atoms with Crippen LogP contribution in [0.5, 0.6) is 0 Å². The number of rotatable bonds is 6. The minimum absolute atomic E-state index is 0.0357. The lowest BCUT2D eigenvalue weighted by atomic mass is 9.43. The molecule has 0 spiro atoms. The van der Waals surface area contributed by atoms with E-state index in [2.05, 4.69) is 24.5 Å². The van der Waals surface area contributed by atoms with Crippen LogP contribution in [-0.2, 0) is 4.79 Å². The summed E-state index contributed by atoms with van der Waals surface area (Å²) in [5.74, 6) is -0.896. The Bertz CT molecular complexity index is 1190. The first-order valence-electron chi connectivity index (χ1n) is 13.0. The van der Waals surface area contributed by atoms with Crippen LogP contribution >= 0.6 is 0 Å². The number of hydrogen-bond donors (Lipinski definition) is 3. The van der Waals surface area contributed by atoms with Crippen molar-refractivity contribution in [3.05, 3.63) is 29.6 Å². The molecule has 8 nitrogen and oxygen atoms in total. The maximum Gasteiger partial charge on any atom is 0.313 e. The zero-order valence-corrected chi connectivity index (χ0v) is 20.9. The van der Waals surface area contributed by atoms with Gasteiger partial charge in [0, 0.05) is 24.2 Å². The molecule has 1 aromatic heterocycles. The normalized spacial score (nSPS) is 35.1. The highest BCUT2D eigenvalue weighted by Gasteiger charge is 2.60. The van der Waals surface area contributed by atoms with Crippen LogP contribution in [-0.4, -0.2) is 40.5 Å². The molecule has 7 rings (SSSR count). The molecule has 1 saturated heterocycles. The summed E-state index contributed by atoms with van der Waals surface area (Å²) in [6.45, 7) is 5.42. The number of likely N-dealkylation sites (tertiary alicyclic amines) is 1. The summed E-state index contributed by atoms with van der Waals surface area (Å²) in [4.78, 5) is 25.7. The third-order valence-corrected chi connectivity index (χ3v) is 8.94. The Morgan fingerprint density at radius 1 is 1.08 bits per heavy atom. The van der Waals surface area contributed by atoms with E-state index in [0.29, 0.717) is 42.0 Å². The van der Waals surface area contributed by atoms with E-state index in [1.807, 2.05) is 0 Å². The van der Waals surface area contributed by atoms with Crippen molar-refractivity contribution in [3.8, 4) is 0 Å². The number of amides is 1. The first-order valence-corrected chi connectivity index (χ1v) is 13.0. The van der Waals surface area contributed by atoms with Crippen LogP contribution in [0.3, 0.4) is 0 Å². The van der Waals surface area contributed by atoms with Gasteiger partial charge in [-0.25, -0.2) is 4.39 Å². The maximum absolute atomic E-state index is 15.0. The predicted molar refractivity (Wildman–Crippen MR) is 131 cm³/mol. The standard InChI is InChI=1S/C27H34FN3O5/c1-25-9-16-10-26(2,13-25)15-27(11-16,14-25)30-22-21(35-36-22)29-20-6-5-17(8-19(20)28)23(32)31-7-3-4-18(12-31)24(33)34/h5-6,8,16,18,29-30H,3-4,7,9-15H2,1-2H3,(H,33,34)/t16?,18?,25-,26-,27?/m0/s1. The highest BCUT2D eigenvalue weighted by Crippen LogP contribution is 2.67. The van der Waals surface area contributed by atoms with Gasteiger partial charge in [-0.15, -0.1) is 0 Å². The summed E-state index contributed by atoms with van der Waals surface area (Å²) in [5.41, 5.74) is 1.01. The second kappa shape index (κ2) is 8.02. The average molecular weight is 500 g/mol. The van der Waals surface area contributed by atoms with Crippen LogP contribution in [0.2, 0.25) is 0 Å². The number of nitrogens with zero attached hydrogens (tertiary/aromatic N) is 1. The lowest BCUT2D eigenvalue weighted by Gasteiger charge is -2.65. The zero-order chi connectivity index (χ0) is 25.3. The number of halogens is 1. The van der Waals surface area contributed by atoms with E-state index in [9.17, 15) is 19.1 Å². The molecule has 1 amide bonds. The van der Waals surface area contributed by atoms with Gasteiger partial charge in [-0.2, -0.15) is 0 Å². The Kier molecular flexibility index (Phi) is 5.22. The molecule has 9 heteroatoms. The number of carboxylic acids is 1. The fourth-order valence-electron chi connectivity index (χ4n) is 8.53. The molecule has 5 fully saturated rings. The molecule has 3 N–H and O–H groups in total. The summed E-state index contributed by atoms with van der Waals surface area (Å²) in [5, 5.41) is 15.9. The fraction of sp³-hybridized carbons (Fsp3) is 0.630. The summed E-state index contributed by atoms with van der Waals surface area (Å²) in [6.07, 6.45) is 8.31. The molecular weight excluding hydrogens is 465 g/mol. The van der Waals surface area contributed by atoms with E-state index in [1.54, 1.807) is 6.07 Å². The van der Waals surface area contributed by atoms with E-state index in [0.717, 1.165) is 25.2 Å². The van der Waals surface area contributed by atoms with Gasteiger partial charge in [-0.3, -0.25) is 18.7 Å². The third-order valence-electron chi connectivity index (χ3n) is 8.94. The molecule has 0 radical (unpaired) electrons. The van der Waals surface area contributed by atoms with Crippen LogP contribution in [0.15, 0.2) is 27.4 Å². The van der Waals surface area contributed by atoms with Crippen molar-refractivity contribution in [2.24, 2.45) is 22.7 Å². The minimum Gasteiger partial charge on any atom is -0.481 e. The van der Waals surface area contributed by atoms with Crippen molar-refractivity contribution in [3.63, 3.8) is 0 Å². The first kappa shape index (κ1) is 23.4. The lowest BCUT2D eigenvalue weighted by Crippen LogP contribution is -2.61. The van der Waals surface area contributed by atoms with Gasteiger partial charge >= 0.3 is 17.7 Å². The van der Waals surface area contributed by atoms with E-state index in [1.165, 1.54) is 36.3 Å². The molecule has 5 aliphatic rings. The lowest BCUT2D eigenvalue weighted by molar-refractivity contribution is -0.143. The molecule has 2 heterocycles. The van der Waals surface area contributed by atoms with E-state index in [4.69, 9.17) is 9.15 Å². The van der Waals surface area contributed by atoms with Crippen molar-refractivity contribution in [1.29, 1.82) is 0 Å². The van der Waals surface area contributed by atoms with E-state index >= 15 is 0 Å². The Morgan fingerprint density at radius 2 is 1.81 bits per heavy atom. The molecule has 4 saturated carbocycles. The van der Waals surface area contributed by atoms with Crippen LogP contribution in [0.25, 0.3) is 0 Å². The second-order valence-corrected chi connectivity index (χ2v) is 12.6. The molecule has 1 aromatic carbocycles. The second-order valence-electron chi connectivity index (χ2n) is 12.6. The predicted octanol–water partition coefficient (Wildman–Crippen LogP) is 5.85. The van der Waals surface area contributed by atoms with Gasteiger partial charge in [0.2, 0.25) is 0 Å². The van der Waals surface area contributed by atoms with Crippen molar-refractivity contribution in [2.75, 3.05) is 23.7 Å². The summed E-state index contributed by atoms with van der Waals surface area (Å²) < 4.78 is 25.5. The number of nitrogens with one attached hydrogen (secondary N) is 2. The zero-order valence-electron chi connectivity index (χ0n) is 20.9. The van der Waals surface area contributed by atoms with Crippen molar-refractivity contribution >= 4 is 29.3 Å². The Hall–Kier alpha value is -2.97. The first-order chi connectivity index (χ1) is 17.0. The Labute approximate surface area is 209 Å². The molecule has 2 aromatic rings. The number of carbonyl (C=O) groups excluding carboxylic acids is 1. The molecule has 3 atom stereocenters. The van der Waals surface area contributed by atoms with E-state index < -0.39 is 17.7 Å². The Balaban J connectivity index is 1.14. The highest BCUT2D eigenvalue weighted by atomic mass is 19.1. The minimum atomic E-state index is -0.907. The van der Waals surface area contributed by atoms with Gasteiger partial charge in [0.25, 0.3) is 5.91 Å². The van der Waals surface area contributed by atoms with Crippen LogP contribution in [0, 0.1) is 28.5 Å². The van der Waals surface area contributed by atoms with Crippen LogP contribution in [0.4, 0.5) is 21.8 Å². The third kappa shape index (κ3) is 4.06. The molecule has 36 heavy (non-hydrogen) atoms. The number of aliphatic carboxylic acids is 1. The van der Waals surface area contributed by atoms with Gasteiger partial charge in [-0.05, 0) is 86.3 Å². The van der Waals surface area contributed by atoms with Crippen LogP contribution in [0.1, 0.15) is 75.6 Å². The fourth-order valence-corrected chi connectivity index (χ4v) is 8.53. The number of carboxylic acid groups (broad SMARTS) is 1. The van der Waals surface area contributed by atoms with Gasteiger partial charge in [0.05, 0.1) is 11.6 Å². The summed E-state index contributed by atoms with van der Waals surface area (Å²) in [7, 11) is 0. The number of piperidine rings is 1. The summed E-state index contributed by atoms with van der Waals surface area (Å²) >= 11 is 0. The number of anilines is 3. The number of benzene rings is 1. The monoisotopic (exact) mass is 499 g/mol. The molecule has 4 aliphatic carbocycles. The van der Waals surface area contributed by atoms with Gasteiger partial charge in [0.1, 0.15) is 5.82 Å². The maximum atomic E-state index is 15.0. The van der Waals surface area contributed by atoms with Gasteiger partial charge in [0.15, 0.2) is 0 Å². The average Bonchev–Trinajstić information content (AvgIpc) is 2.78. The number of carbonyl (C=O) groups is 2. The quantitative estimate of drug-likeness (QED) is 0.428. The molecule has 194 valence electrons.